The Morgan fingerprint density at radius 2 is 2.08 bits per heavy atom. The largest absolute Gasteiger partial charge is 0.353 e. The molecule has 2 N–H and O–H groups in total. The molecule has 0 saturated carbocycles. The van der Waals surface area contributed by atoms with Gasteiger partial charge in [0.15, 0.2) is 0 Å². The number of piperazine rings is 1. The molecule has 1 atom stereocenters. The van der Waals surface area contributed by atoms with Crippen molar-refractivity contribution in [1.82, 2.24) is 19.8 Å². The molecule has 1 amide bonds. The molecule has 2 heterocycles. The molecule has 0 radical (unpaired) electrons. The van der Waals surface area contributed by atoms with Gasteiger partial charge < -0.3 is 5.32 Å². The second-order valence-corrected chi connectivity index (χ2v) is 7.89. The van der Waals surface area contributed by atoms with E-state index in [1.807, 2.05) is 0 Å². The smallest absolute Gasteiger partial charge is 0.247 e. The second kappa shape index (κ2) is 6.19. The highest BCUT2D eigenvalue weighted by molar-refractivity contribution is 7.89. The molecule has 0 spiro atoms. The van der Waals surface area contributed by atoms with E-state index in [0.717, 1.165) is 0 Å². The Morgan fingerprint density at radius 3 is 2.71 bits per heavy atom. The molecule has 0 bridgehead atoms. The highest BCUT2D eigenvalue weighted by Gasteiger charge is 2.41. The molecule has 3 rings (SSSR count). The summed E-state index contributed by atoms with van der Waals surface area (Å²) in [4.78, 5) is 12.5. The van der Waals surface area contributed by atoms with Crippen molar-refractivity contribution in [3.63, 3.8) is 0 Å². The molecule has 7 nitrogen and oxygen atoms in total. The first kappa shape index (κ1) is 16.9. The maximum absolute atomic E-state index is 13.2. The van der Waals surface area contributed by atoms with Gasteiger partial charge in [-0.3, -0.25) is 9.89 Å². The predicted octanol–water partition coefficient (Wildman–Crippen LogP) is 1.54. The van der Waals surface area contributed by atoms with Gasteiger partial charge in [-0.1, -0.05) is 23.7 Å². The lowest BCUT2D eigenvalue weighted by Gasteiger charge is -2.34. The first-order chi connectivity index (χ1) is 11.3. The zero-order chi connectivity index (χ0) is 17.5. The predicted molar refractivity (Wildman–Crippen MR) is 89.2 cm³/mol. The quantitative estimate of drug-likeness (QED) is 0.859. The number of carbonyl (C=O) groups excluding carboxylic acids is 1. The van der Waals surface area contributed by atoms with Crippen molar-refractivity contribution in [2.45, 2.75) is 24.8 Å². The Kier molecular flexibility index (Phi) is 4.37. The van der Waals surface area contributed by atoms with Gasteiger partial charge in [0.05, 0.1) is 11.4 Å². The van der Waals surface area contributed by atoms with Crippen LogP contribution in [0, 0.1) is 13.8 Å². The number of halogens is 1. The number of amides is 1. The number of hydrogen-bond donors (Lipinski definition) is 2. The first-order valence-electron chi connectivity index (χ1n) is 7.39. The van der Waals surface area contributed by atoms with Crippen LogP contribution >= 0.6 is 11.6 Å². The van der Waals surface area contributed by atoms with Gasteiger partial charge >= 0.3 is 0 Å². The number of hydrogen-bond acceptors (Lipinski definition) is 4. The minimum atomic E-state index is -3.89. The van der Waals surface area contributed by atoms with Crippen LogP contribution in [0.4, 0.5) is 0 Å². The molecule has 1 aliphatic rings. The molecule has 1 aliphatic heterocycles. The molecule has 1 aromatic carbocycles. The van der Waals surface area contributed by atoms with Gasteiger partial charge in [-0.15, -0.1) is 0 Å². The van der Waals surface area contributed by atoms with E-state index in [-0.39, 0.29) is 23.9 Å². The normalized spacial score (nSPS) is 19.3. The number of aromatic nitrogens is 2. The van der Waals surface area contributed by atoms with Crippen LogP contribution in [0.25, 0.3) is 0 Å². The van der Waals surface area contributed by atoms with Crippen LogP contribution in [-0.4, -0.2) is 41.9 Å². The van der Waals surface area contributed by atoms with Crippen molar-refractivity contribution in [2.75, 3.05) is 13.1 Å². The Hall–Kier alpha value is -1.90. The van der Waals surface area contributed by atoms with E-state index in [0.29, 0.717) is 22.0 Å². The van der Waals surface area contributed by atoms with Gasteiger partial charge in [0, 0.05) is 18.1 Å². The third-order valence-corrected chi connectivity index (χ3v) is 6.32. The van der Waals surface area contributed by atoms with Crippen LogP contribution in [0.5, 0.6) is 0 Å². The Bertz CT molecular complexity index is 874. The summed E-state index contributed by atoms with van der Waals surface area (Å²) in [6.07, 6.45) is 0. The fourth-order valence-corrected chi connectivity index (χ4v) is 5.05. The van der Waals surface area contributed by atoms with E-state index in [2.05, 4.69) is 15.5 Å². The average molecular weight is 369 g/mol. The van der Waals surface area contributed by atoms with Gasteiger partial charge in [-0.25, -0.2) is 8.42 Å². The number of nitrogens with one attached hydrogen (secondary N) is 2. The van der Waals surface area contributed by atoms with Gasteiger partial charge in [0.25, 0.3) is 0 Å². The van der Waals surface area contributed by atoms with E-state index in [9.17, 15) is 13.2 Å². The summed E-state index contributed by atoms with van der Waals surface area (Å²) in [6.45, 7) is 3.69. The van der Waals surface area contributed by atoms with Crippen molar-refractivity contribution in [3.05, 3.63) is 46.2 Å². The molecule has 1 saturated heterocycles. The number of carbonyl (C=O) groups is 1. The molecule has 2 aromatic rings. The van der Waals surface area contributed by atoms with Crippen molar-refractivity contribution < 1.29 is 13.2 Å². The second-order valence-electron chi connectivity index (χ2n) is 5.63. The molecule has 1 aromatic heterocycles. The molecule has 24 heavy (non-hydrogen) atoms. The number of nitrogens with zero attached hydrogens (tertiary/aromatic N) is 2. The van der Waals surface area contributed by atoms with Crippen LogP contribution < -0.4 is 5.32 Å². The average Bonchev–Trinajstić information content (AvgIpc) is 2.86. The molecule has 0 aliphatic carbocycles. The third-order valence-electron chi connectivity index (χ3n) is 3.96. The van der Waals surface area contributed by atoms with Crippen LogP contribution in [-0.2, 0) is 14.8 Å². The lowest BCUT2D eigenvalue weighted by Crippen LogP contribution is -2.52. The van der Waals surface area contributed by atoms with Crippen LogP contribution in [0.2, 0.25) is 5.02 Å². The fourth-order valence-electron chi connectivity index (χ4n) is 2.94. The standard InChI is InChI=1S/C15H17ClN4O3S/c1-9-14(10(2)19-18-9)24(22,23)20-7-6-17-15(21)13(20)11-4-3-5-12(16)8-11/h3-5,8,13H,6-7H2,1-2H3,(H,17,21)(H,18,19). The number of aryl methyl sites for hydroxylation is 2. The first-order valence-corrected chi connectivity index (χ1v) is 9.21. The highest BCUT2D eigenvalue weighted by atomic mass is 35.5. The number of rotatable bonds is 3. The third kappa shape index (κ3) is 2.81. The van der Waals surface area contributed by atoms with Crippen LogP contribution in [0.15, 0.2) is 29.2 Å². The molecule has 128 valence electrons. The van der Waals surface area contributed by atoms with E-state index < -0.39 is 16.1 Å². The van der Waals surface area contributed by atoms with E-state index in [1.54, 1.807) is 38.1 Å². The van der Waals surface area contributed by atoms with Crippen molar-refractivity contribution in [1.29, 1.82) is 0 Å². The summed E-state index contributed by atoms with van der Waals surface area (Å²) in [5.41, 5.74) is 1.36. The van der Waals surface area contributed by atoms with Crippen molar-refractivity contribution in [3.8, 4) is 0 Å². The van der Waals surface area contributed by atoms with Crippen molar-refractivity contribution >= 4 is 27.5 Å². The molecule has 9 heteroatoms. The van der Waals surface area contributed by atoms with Crippen LogP contribution in [0.3, 0.4) is 0 Å². The van der Waals surface area contributed by atoms with Gasteiger partial charge in [-0.2, -0.15) is 9.40 Å². The highest BCUT2D eigenvalue weighted by Crippen LogP contribution is 2.32. The summed E-state index contributed by atoms with van der Waals surface area (Å²) in [7, 11) is -3.89. The van der Waals surface area contributed by atoms with Gasteiger partial charge in [0.2, 0.25) is 15.9 Å². The van der Waals surface area contributed by atoms with Crippen molar-refractivity contribution in [2.24, 2.45) is 0 Å². The summed E-state index contributed by atoms with van der Waals surface area (Å²) in [5.74, 6) is -0.370. The minimum Gasteiger partial charge on any atom is -0.353 e. The topological polar surface area (TPSA) is 95.2 Å². The lowest BCUT2D eigenvalue weighted by molar-refractivity contribution is -0.126. The molecule has 1 fully saturated rings. The Morgan fingerprint density at radius 1 is 1.33 bits per heavy atom. The summed E-state index contributed by atoms with van der Waals surface area (Å²) < 4.78 is 27.5. The summed E-state index contributed by atoms with van der Waals surface area (Å²) >= 11 is 6.01. The fraction of sp³-hybridized carbons (Fsp3) is 0.333. The molecular weight excluding hydrogens is 352 g/mol. The van der Waals surface area contributed by atoms with Crippen LogP contribution in [0.1, 0.15) is 23.0 Å². The maximum Gasteiger partial charge on any atom is 0.247 e. The Labute approximate surface area is 145 Å². The summed E-state index contributed by atoms with van der Waals surface area (Å²) in [6, 6.07) is 5.71. The number of sulfonamides is 1. The number of aromatic amines is 1. The SMILES string of the molecule is Cc1n[nH]c(C)c1S(=O)(=O)N1CCNC(=O)C1c1cccc(Cl)c1. The zero-order valence-electron chi connectivity index (χ0n) is 13.2. The van der Waals surface area contributed by atoms with E-state index in [1.165, 1.54) is 4.31 Å². The summed E-state index contributed by atoms with van der Waals surface area (Å²) in [5, 5.41) is 9.79. The maximum atomic E-state index is 13.2. The zero-order valence-corrected chi connectivity index (χ0v) is 14.8. The van der Waals surface area contributed by atoms with E-state index >= 15 is 0 Å². The van der Waals surface area contributed by atoms with E-state index in [4.69, 9.17) is 11.6 Å². The lowest BCUT2D eigenvalue weighted by atomic mass is 10.0. The number of benzene rings is 1. The number of H-pyrrole nitrogens is 1. The molecule has 1 unspecified atom stereocenters. The monoisotopic (exact) mass is 368 g/mol. The Balaban J connectivity index is 2.12. The minimum absolute atomic E-state index is 0.115. The van der Waals surface area contributed by atoms with Gasteiger partial charge in [0.1, 0.15) is 10.9 Å². The van der Waals surface area contributed by atoms with Gasteiger partial charge in [-0.05, 0) is 31.5 Å². The molecular formula is C15H17ClN4O3S.